The fourth-order valence-corrected chi connectivity index (χ4v) is 0.795. The third kappa shape index (κ3) is 4.25. The van der Waals surface area contributed by atoms with Crippen LogP contribution in [0.1, 0.15) is 13.8 Å². The summed E-state index contributed by atoms with van der Waals surface area (Å²) in [5.74, 6) is 1.99. The SMILES string of the molecule is C#CCOC(O)C(O)C(O)C(C)C. The quantitative estimate of drug-likeness (QED) is 0.395. The summed E-state index contributed by atoms with van der Waals surface area (Å²) in [6.45, 7) is 3.35. The first-order valence-corrected chi connectivity index (χ1v) is 4.10. The molecule has 0 saturated carbocycles. The molecule has 0 rings (SSSR count). The summed E-state index contributed by atoms with van der Waals surface area (Å²) >= 11 is 0. The van der Waals surface area contributed by atoms with E-state index in [9.17, 15) is 10.2 Å². The third-order valence-corrected chi connectivity index (χ3v) is 1.66. The van der Waals surface area contributed by atoms with Gasteiger partial charge in [-0.1, -0.05) is 19.8 Å². The highest BCUT2D eigenvalue weighted by molar-refractivity contribution is 4.84. The maximum Gasteiger partial charge on any atom is 0.184 e. The Morgan fingerprint density at radius 1 is 1.23 bits per heavy atom. The minimum Gasteiger partial charge on any atom is -0.390 e. The molecule has 0 fully saturated rings. The van der Waals surface area contributed by atoms with E-state index in [0.717, 1.165) is 0 Å². The maximum atomic E-state index is 9.32. The Kier molecular flexibility index (Phi) is 5.67. The van der Waals surface area contributed by atoms with E-state index in [0.29, 0.717) is 0 Å². The fraction of sp³-hybridized carbons (Fsp3) is 0.778. The molecule has 0 radical (unpaired) electrons. The normalized spacial score (nSPS) is 17.9. The van der Waals surface area contributed by atoms with Crippen LogP contribution in [-0.2, 0) is 4.74 Å². The van der Waals surface area contributed by atoms with Crippen molar-refractivity contribution in [2.45, 2.75) is 32.3 Å². The Labute approximate surface area is 78.2 Å². The van der Waals surface area contributed by atoms with Gasteiger partial charge >= 0.3 is 0 Å². The van der Waals surface area contributed by atoms with Crippen LogP contribution in [0.4, 0.5) is 0 Å². The molecule has 0 amide bonds. The number of rotatable bonds is 5. The summed E-state index contributed by atoms with van der Waals surface area (Å²) in [5, 5.41) is 27.8. The minimum absolute atomic E-state index is 0.0942. The van der Waals surface area contributed by atoms with Crippen molar-refractivity contribution in [3.05, 3.63) is 0 Å². The topological polar surface area (TPSA) is 69.9 Å². The van der Waals surface area contributed by atoms with Crippen molar-refractivity contribution in [1.82, 2.24) is 0 Å². The van der Waals surface area contributed by atoms with E-state index in [1.54, 1.807) is 13.8 Å². The lowest BCUT2D eigenvalue weighted by Gasteiger charge is -2.24. The molecule has 0 bridgehead atoms. The Hall–Kier alpha value is -0.600. The van der Waals surface area contributed by atoms with Crippen molar-refractivity contribution in [1.29, 1.82) is 0 Å². The van der Waals surface area contributed by atoms with Crippen LogP contribution in [0.2, 0.25) is 0 Å². The first-order valence-electron chi connectivity index (χ1n) is 4.10. The summed E-state index contributed by atoms with van der Waals surface area (Å²) in [5.41, 5.74) is 0. The molecule has 3 unspecified atom stereocenters. The average Bonchev–Trinajstić information content (AvgIpc) is 2.11. The summed E-state index contributed by atoms with van der Waals surface area (Å²) < 4.78 is 4.63. The van der Waals surface area contributed by atoms with Crippen LogP contribution in [0.25, 0.3) is 0 Å². The molecule has 0 aromatic rings. The number of aliphatic hydroxyl groups excluding tert-OH is 3. The van der Waals surface area contributed by atoms with Crippen molar-refractivity contribution in [2.75, 3.05) is 6.61 Å². The second-order valence-electron chi connectivity index (χ2n) is 3.13. The smallest absolute Gasteiger partial charge is 0.184 e. The summed E-state index contributed by atoms with van der Waals surface area (Å²) in [7, 11) is 0. The van der Waals surface area contributed by atoms with E-state index in [4.69, 9.17) is 11.5 Å². The lowest BCUT2D eigenvalue weighted by Crippen LogP contribution is -2.41. The van der Waals surface area contributed by atoms with E-state index < -0.39 is 18.5 Å². The molecule has 0 saturated heterocycles. The Balaban J connectivity index is 3.94. The van der Waals surface area contributed by atoms with Gasteiger partial charge in [0.15, 0.2) is 6.29 Å². The van der Waals surface area contributed by atoms with Crippen molar-refractivity contribution in [3.8, 4) is 12.3 Å². The van der Waals surface area contributed by atoms with Crippen LogP contribution in [0.3, 0.4) is 0 Å². The van der Waals surface area contributed by atoms with Gasteiger partial charge in [-0.05, 0) is 5.92 Å². The molecular weight excluding hydrogens is 172 g/mol. The molecule has 0 aliphatic carbocycles. The standard InChI is InChI=1S/C9H16O4/c1-4-5-13-9(12)8(11)7(10)6(2)3/h1,6-12H,5H2,2-3H3. The van der Waals surface area contributed by atoms with Gasteiger partial charge in [-0.15, -0.1) is 6.42 Å². The molecule has 0 aliphatic heterocycles. The zero-order chi connectivity index (χ0) is 10.4. The van der Waals surface area contributed by atoms with Crippen LogP contribution >= 0.6 is 0 Å². The second-order valence-corrected chi connectivity index (χ2v) is 3.13. The van der Waals surface area contributed by atoms with Crippen molar-refractivity contribution in [3.63, 3.8) is 0 Å². The van der Waals surface area contributed by atoms with Crippen LogP contribution in [-0.4, -0.2) is 40.4 Å². The summed E-state index contributed by atoms with van der Waals surface area (Å²) in [6.07, 6.45) is 1.10. The van der Waals surface area contributed by atoms with Crippen LogP contribution < -0.4 is 0 Å². The lowest BCUT2D eigenvalue weighted by molar-refractivity contribution is -0.187. The van der Waals surface area contributed by atoms with Gasteiger partial charge in [0, 0.05) is 0 Å². The van der Waals surface area contributed by atoms with Crippen LogP contribution in [0.15, 0.2) is 0 Å². The predicted molar refractivity (Wildman–Crippen MR) is 47.6 cm³/mol. The first-order chi connectivity index (χ1) is 6.00. The molecule has 76 valence electrons. The zero-order valence-corrected chi connectivity index (χ0v) is 7.84. The molecule has 0 heterocycles. The van der Waals surface area contributed by atoms with E-state index in [2.05, 4.69) is 10.7 Å². The summed E-state index contributed by atoms with van der Waals surface area (Å²) in [4.78, 5) is 0. The van der Waals surface area contributed by atoms with E-state index in [1.807, 2.05) is 0 Å². The van der Waals surface area contributed by atoms with Gasteiger partial charge in [0.25, 0.3) is 0 Å². The van der Waals surface area contributed by atoms with Crippen LogP contribution in [0.5, 0.6) is 0 Å². The highest BCUT2D eigenvalue weighted by Crippen LogP contribution is 2.10. The van der Waals surface area contributed by atoms with Gasteiger partial charge in [0.05, 0.1) is 6.10 Å². The fourth-order valence-electron chi connectivity index (χ4n) is 0.795. The molecule has 0 spiro atoms. The maximum absolute atomic E-state index is 9.32. The molecule has 4 nitrogen and oxygen atoms in total. The molecule has 3 atom stereocenters. The highest BCUT2D eigenvalue weighted by atomic mass is 16.6. The van der Waals surface area contributed by atoms with Crippen molar-refractivity contribution >= 4 is 0 Å². The van der Waals surface area contributed by atoms with Gasteiger partial charge in [-0.2, -0.15) is 0 Å². The number of ether oxygens (including phenoxy) is 1. The van der Waals surface area contributed by atoms with Crippen molar-refractivity contribution in [2.24, 2.45) is 5.92 Å². The number of terminal acetylenes is 1. The van der Waals surface area contributed by atoms with Gasteiger partial charge in [-0.3, -0.25) is 0 Å². The molecule has 0 aliphatic rings. The number of hydrogen-bond acceptors (Lipinski definition) is 4. The molecule has 13 heavy (non-hydrogen) atoms. The van der Waals surface area contributed by atoms with E-state index >= 15 is 0 Å². The van der Waals surface area contributed by atoms with Crippen LogP contribution in [0, 0.1) is 18.3 Å². The average molecular weight is 188 g/mol. The molecule has 4 heteroatoms. The highest BCUT2D eigenvalue weighted by Gasteiger charge is 2.27. The second kappa shape index (κ2) is 5.95. The molecule has 0 aromatic heterocycles. The largest absolute Gasteiger partial charge is 0.390 e. The molecule has 3 N–H and O–H groups in total. The Morgan fingerprint density at radius 3 is 2.15 bits per heavy atom. The third-order valence-electron chi connectivity index (χ3n) is 1.66. The predicted octanol–water partition coefficient (Wildman–Crippen LogP) is -0.668. The molecular formula is C9H16O4. The monoisotopic (exact) mass is 188 g/mol. The first kappa shape index (κ1) is 12.4. The van der Waals surface area contributed by atoms with Gasteiger partial charge in [0.1, 0.15) is 12.7 Å². The van der Waals surface area contributed by atoms with E-state index in [-0.39, 0.29) is 12.5 Å². The number of hydrogen-bond donors (Lipinski definition) is 3. The van der Waals surface area contributed by atoms with Gasteiger partial charge in [-0.25, -0.2) is 0 Å². The Morgan fingerprint density at radius 2 is 1.77 bits per heavy atom. The zero-order valence-electron chi connectivity index (χ0n) is 7.84. The van der Waals surface area contributed by atoms with Gasteiger partial charge in [0.2, 0.25) is 0 Å². The Bertz CT molecular complexity index is 173. The molecule has 0 aromatic carbocycles. The lowest BCUT2D eigenvalue weighted by atomic mass is 10.0. The minimum atomic E-state index is -1.44. The number of aliphatic hydroxyl groups is 3. The van der Waals surface area contributed by atoms with Gasteiger partial charge < -0.3 is 20.1 Å². The van der Waals surface area contributed by atoms with Crippen molar-refractivity contribution < 1.29 is 20.1 Å². The summed E-state index contributed by atoms with van der Waals surface area (Å²) in [6, 6.07) is 0. The van der Waals surface area contributed by atoms with E-state index in [1.165, 1.54) is 0 Å².